The average Bonchev–Trinajstić information content (AvgIpc) is 2.66. The number of rotatable bonds is 8. The summed E-state index contributed by atoms with van der Waals surface area (Å²) in [7, 11) is 0. The lowest BCUT2D eigenvalue weighted by Crippen LogP contribution is -2.40. The van der Waals surface area contributed by atoms with Gasteiger partial charge in [-0.1, -0.05) is 59.6 Å². The summed E-state index contributed by atoms with van der Waals surface area (Å²) in [6.07, 6.45) is 3.52. The van der Waals surface area contributed by atoms with E-state index >= 15 is 0 Å². The zero-order chi connectivity index (χ0) is 20.5. The highest BCUT2D eigenvalue weighted by molar-refractivity contribution is 6.35. The van der Waals surface area contributed by atoms with Crippen molar-refractivity contribution in [2.45, 2.75) is 38.8 Å². The molecule has 1 N–H and O–H groups in total. The van der Waals surface area contributed by atoms with Crippen LogP contribution in [0.5, 0.6) is 0 Å². The van der Waals surface area contributed by atoms with Crippen LogP contribution in [0.15, 0.2) is 54.6 Å². The van der Waals surface area contributed by atoms with E-state index in [1.54, 1.807) is 25.1 Å². The predicted molar refractivity (Wildman–Crippen MR) is 113 cm³/mol. The summed E-state index contributed by atoms with van der Waals surface area (Å²) in [5.74, 6) is -0.947. The average molecular weight is 420 g/mol. The van der Waals surface area contributed by atoms with Crippen LogP contribution in [0.3, 0.4) is 0 Å². The molecule has 148 valence electrons. The van der Waals surface area contributed by atoms with Crippen molar-refractivity contribution in [3.63, 3.8) is 0 Å². The minimum Gasteiger partial charge on any atom is -0.449 e. The SMILES string of the molecule is C[C@@H](CCc1ccccc1)NC(=O)[C@@H](C)OC(=O)/C=C/c1ccc(Cl)cc1Cl. The van der Waals surface area contributed by atoms with Gasteiger partial charge in [-0.3, -0.25) is 4.79 Å². The number of benzene rings is 2. The number of halogens is 2. The molecule has 0 bridgehead atoms. The molecule has 2 atom stereocenters. The van der Waals surface area contributed by atoms with Gasteiger partial charge in [-0.2, -0.15) is 0 Å². The van der Waals surface area contributed by atoms with Crippen LogP contribution in [0.2, 0.25) is 10.0 Å². The van der Waals surface area contributed by atoms with Crippen LogP contribution in [0.25, 0.3) is 6.08 Å². The van der Waals surface area contributed by atoms with Gasteiger partial charge in [-0.05, 0) is 56.0 Å². The summed E-state index contributed by atoms with van der Waals surface area (Å²) in [6, 6.07) is 15.0. The van der Waals surface area contributed by atoms with Gasteiger partial charge in [0.15, 0.2) is 6.10 Å². The monoisotopic (exact) mass is 419 g/mol. The lowest BCUT2D eigenvalue weighted by Gasteiger charge is -2.17. The van der Waals surface area contributed by atoms with E-state index in [4.69, 9.17) is 27.9 Å². The Morgan fingerprint density at radius 3 is 2.50 bits per heavy atom. The molecule has 0 fully saturated rings. The van der Waals surface area contributed by atoms with E-state index in [1.165, 1.54) is 17.7 Å². The second-order valence-corrected chi connectivity index (χ2v) is 7.36. The fourth-order valence-corrected chi connectivity index (χ4v) is 2.99. The molecule has 0 saturated heterocycles. The van der Waals surface area contributed by atoms with E-state index in [2.05, 4.69) is 17.4 Å². The van der Waals surface area contributed by atoms with Gasteiger partial charge in [-0.25, -0.2) is 4.79 Å². The topological polar surface area (TPSA) is 55.4 Å². The molecule has 0 aliphatic carbocycles. The number of hydrogen-bond acceptors (Lipinski definition) is 3. The maximum Gasteiger partial charge on any atom is 0.331 e. The number of nitrogens with one attached hydrogen (secondary N) is 1. The first-order valence-corrected chi connectivity index (χ1v) is 9.79. The molecule has 0 saturated carbocycles. The zero-order valence-corrected chi connectivity index (χ0v) is 17.3. The zero-order valence-electron chi connectivity index (χ0n) is 15.8. The molecule has 2 aromatic carbocycles. The fourth-order valence-electron chi connectivity index (χ4n) is 2.52. The molecular formula is C22H23Cl2NO3. The molecule has 0 unspecified atom stereocenters. The number of aryl methyl sites for hydroxylation is 1. The highest BCUT2D eigenvalue weighted by atomic mass is 35.5. The summed E-state index contributed by atoms with van der Waals surface area (Å²) in [5, 5.41) is 3.80. The Morgan fingerprint density at radius 2 is 1.82 bits per heavy atom. The number of amides is 1. The Bertz CT molecular complexity index is 837. The van der Waals surface area contributed by atoms with Crippen LogP contribution in [0.4, 0.5) is 0 Å². The molecule has 0 aliphatic rings. The van der Waals surface area contributed by atoms with Crippen LogP contribution in [0.1, 0.15) is 31.4 Å². The molecule has 2 aromatic rings. The first-order valence-electron chi connectivity index (χ1n) is 9.03. The standard InChI is InChI=1S/C22H23Cl2NO3/c1-15(8-9-17-6-4-3-5-7-17)25-22(27)16(2)28-21(26)13-11-18-10-12-19(23)14-20(18)24/h3-7,10-16H,8-9H2,1-2H3,(H,25,27)/b13-11+/t15-,16+/m0/s1. The van der Waals surface area contributed by atoms with E-state index in [-0.39, 0.29) is 11.9 Å². The largest absolute Gasteiger partial charge is 0.449 e. The van der Waals surface area contributed by atoms with Crippen molar-refractivity contribution in [2.24, 2.45) is 0 Å². The molecule has 0 heterocycles. The summed E-state index contributed by atoms with van der Waals surface area (Å²) in [5.41, 5.74) is 1.85. The van der Waals surface area contributed by atoms with Crippen LogP contribution in [-0.2, 0) is 20.7 Å². The van der Waals surface area contributed by atoms with Gasteiger partial charge in [0.25, 0.3) is 5.91 Å². The Balaban J connectivity index is 1.78. The Kier molecular flexibility index (Phi) is 8.55. The Labute approximate surface area is 175 Å². The van der Waals surface area contributed by atoms with Gasteiger partial charge in [-0.15, -0.1) is 0 Å². The second-order valence-electron chi connectivity index (χ2n) is 6.51. The number of hydrogen-bond donors (Lipinski definition) is 1. The third kappa shape index (κ3) is 7.37. The second kappa shape index (κ2) is 10.9. The van der Waals surface area contributed by atoms with Gasteiger partial charge < -0.3 is 10.1 Å². The Hall–Kier alpha value is -2.30. The van der Waals surface area contributed by atoms with Crippen LogP contribution in [0, 0.1) is 0 Å². The highest BCUT2D eigenvalue weighted by Crippen LogP contribution is 2.22. The fraction of sp³-hybridized carbons (Fsp3) is 0.273. The lowest BCUT2D eigenvalue weighted by molar-refractivity contribution is -0.150. The van der Waals surface area contributed by atoms with Crippen molar-refractivity contribution in [3.8, 4) is 0 Å². The molecule has 2 rings (SSSR count). The quantitative estimate of drug-likeness (QED) is 0.479. The van der Waals surface area contributed by atoms with Crippen LogP contribution >= 0.6 is 23.2 Å². The minimum absolute atomic E-state index is 0.0303. The summed E-state index contributed by atoms with van der Waals surface area (Å²) in [6.45, 7) is 3.47. The molecule has 28 heavy (non-hydrogen) atoms. The number of ether oxygens (including phenoxy) is 1. The summed E-state index contributed by atoms with van der Waals surface area (Å²) in [4.78, 5) is 24.2. The molecule has 0 aromatic heterocycles. The molecule has 4 nitrogen and oxygen atoms in total. The van der Waals surface area contributed by atoms with Crippen molar-refractivity contribution >= 4 is 41.2 Å². The third-order valence-corrected chi connectivity index (χ3v) is 4.68. The van der Waals surface area contributed by atoms with E-state index in [0.29, 0.717) is 15.6 Å². The van der Waals surface area contributed by atoms with E-state index < -0.39 is 12.1 Å². The Morgan fingerprint density at radius 1 is 1.11 bits per heavy atom. The molecule has 1 amide bonds. The first kappa shape index (κ1) is 22.0. The number of carbonyl (C=O) groups excluding carboxylic acids is 2. The van der Waals surface area contributed by atoms with Crippen molar-refractivity contribution in [1.82, 2.24) is 5.32 Å². The van der Waals surface area contributed by atoms with Gasteiger partial charge in [0, 0.05) is 22.2 Å². The van der Waals surface area contributed by atoms with Crippen molar-refractivity contribution in [2.75, 3.05) is 0 Å². The predicted octanol–water partition coefficient (Wildman–Crippen LogP) is 5.08. The lowest BCUT2D eigenvalue weighted by atomic mass is 10.1. The normalized spacial score (nSPS) is 13.1. The van der Waals surface area contributed by atoms with E-state index in [1.807, 2.05) is 25.1 Å². The number of carbonyl (C=O) groups is 2. The maximum absolute atomic E-state index is 12.2. The first-order chi connectivity index (χ1) is 13.3. The summed E-state index contributed by atoms with van der Waals surface area (Å²) >= 11 is 11.9. The van der Waals surface area contributed by atoms with E-state index in [9.17, 15) is 9.59 Å². The molecule has 0 aliphatic heterocycles. The van der Waals surface area contributed by atoms with Crippen LogP contribution < -0.4 is 5.32 Å². The van der Waals surface area contributed by atoms with Crippen molar-refractivity contribution in [3.05, 3.63) is 75.8 Å². The van der Waals surface area contributed by atoms with Gasteiger partial charge in [0.05, 0.1) is 0 Å². The minimum atomic E-state index is -0.892. The molecule has 0 spiro atoms. The van der Waals surface area contributed by atoms with Gasteiger partial charge in [0.1, 0.15) is 0 Å². The van der Waals surface area contributed by atoms with Crippen LogP contribution in [-0.4, -0.2) is 24.0 Å². The van der Waals surface area contributed by atoms with Crippen molar-refractivity contribution in [1.29, 1.82) is 0 Å². The van der Waals surface area contributed by atoms with Crippen molar-refractivity contribution < 1.29 is 14.3 Å². The van der Waals surface area contributed by atoms with Gasteiger partial charge >= 0.3 is 5.97 Å². The van der Waals surface area contributed by atoms with E-state index in [0.717, 1.165) is 12.8 Å². The number of esters is 1. The smallest absolute Gasteiger partial charge is 0.331 e. The molecular weight excluding hydrogens is 397 g/mol. The summed E-state index contributed by atoms with van der Waals surface area (Å²) < 4.78 is 5.15. The maximum atomic E-state index is 12.2. The highest BCUT2D eigenvalue weighted by Gasteiger charge is 2.18. The van der Waals surface area contributed by atoms with Gasteiger partial charge in [0.2, 0.25) is 0 Å². The molecule has 6 heteroatoms. The molecule has 0 radical (unpaired) electrons. The third-order valence-electron chi connectivity index (χ3n) is 4.12.